The summed E-state index contributed by atoms with van der Waals surface area (Å²) in [5, 5.41) is 1.67. The van der Waals surface area contributed by atoms with Gasteiger partial charge in [-0.15, -0.1) is 0 Å². The lowest BCUT2D eigenvalue weighted by atomic mass is 10.0. The third-order valence-corrected chi connectivity index (χ3v) is 10.9. The molecular formula is C25H15Br4ClN2O4. The first kappa shape index (κ1) is 27.2. The Kier molecular flexibility index (Phi) is 7.92. The summed E-state index contributed by atoms with van der Waals surface area (Å²) in [6.07, 6.45) is 0. The summed E-state index contributed by atoms with van der Waals surface area (Å²) in [6, 6.07) is 11.4. The van der Waals surface area contributed by atoms with E-state index < -0.39 is 30.0 Å². The number of rotatable bonds is 5. The summed E-state index contributed by atoms with van der Waals surface area (Å²) in [5.41, 5.74) is 2.40. The molecule has 0 bridgehead atoms. The molecule has 4 rings (SSSR count). The molecule has 3 amide bonds. The van der Waals surface area contributed by atoms with Crippen molar-refractivity contribution in [1.29, 1.82) is 0 Å². The Morgan fingerprint density at radius 1 is 0.833 bits per heavy atom. The Hall–Kier alpha value is -1.85. The number of aryl methyl sites for hydroxylation is 2. The summed E-state index contributed by atoms with van der Waals surface area (Å²) < 4.78 is 1.68. The largest absolute Gasteiger partial charge is 0.292 e. The van der Waals surface area contributed by atoms with Crippen LogP contribution in [0.5, 0.6) is 0 Å². The topological polar surface area (TPSA) is 74.8 Å². The van der Waals surface area contributed by atoms with Gasteiger partial charge in [-0.3, -0.25) is 19.2 Å². The van der Waals surface area contributed by atoms with Crippen LogP contribution < -0.4 is 0 Å². The highest BCUT2D eigenvalue weighted by molar-refractivity contribution is 9.15. The van der Waals surface area contributed by atoms with Gasteiger partial charge in [0.25, 0.3) is 17.7 Å². The molecule has 184 valence electrons. The molecule has 1 aliphatic heterocycles. The van der Waals surface area contributed by atoms with Crippen LogP contribution in [0.15, 0.2) is 60.4 Å². The minimum absolute atomic E-state index is 0.0455. The van der Waals surface area contributed by atoms with Crippen LogP contribution in [-0.4, -0.2) is 40.1 Å². The Labute approximate surface area is 245 Å². The summed E-state index contributed by atoms with van der Waals surface area (Å²) in [7, 11) is 0. The van der Waals surface area contributed by atoms with Crippen LogP contribution in [-0.2, 0) is 0 Å². The van der Waals surface area contributed by atoms with Crippen LogP contribution >= 0.6 is 75.3 Å². The number of halogens is 5. The summed E-state index contributed by atoms with van der Waals surface area (Å²) in [6.45, 7) is 3.23. The van der Waals surface area contributed by atoms with E-state index in [2.05, 4.69) is 63.7 Å². The number of imide groups is 1. The standard InChI is InChI=1S/C25H15Br4ClN2O4/c1-11-7-8-13(9-12(11)2)16(33)10-31(23(34)14-5-3-4-6-15(14)30)32-24(35)17-18(25(32)36)20(27)22(29)21(28)19(17)26/h3-9H,10H2,1-2H3. The Morgan fingerprint density at radius 3 is 1.92 bits per heavy atom. The number of hydrazine groups is 1. The predicted octanol–water partition coefficient (Wildman–Crippen LogP) is 7.54. The minimum Gasteiger partial charge on any atom is -0.292 e. The highest BCUT2D eigenvalue weighted by Gasteiger charge is 2.46. The zero-order valence-electron chi connectivity index (χ0n) is 18.7. The molecule has 0 unspecified atom stereocenters. The number of ketones is 1. The molecular weight excluding hydrogens is 747 g/mol. The molecule has 0 saturated heterocycles. The highest BCUT2D eigenvalue weighted by atomic mass is 79.9. The van der Waals surface area contributed by atoms with Crippen molar-refractivity contribution in [2.75, 3.05) is 6.54 Å². The maximum absolute atomic E-state index is 13.7. The normalized spacial score (nSPS) is 12.7. The van der Waals surface area contributed by atoms with Gasteiger partial charge < -0.3 is 0 Å². The molecule has 1 heterocycles. The number of carbonyl (C=O) groups is 4. The molecule has 0 fully saturated rings. The van der Waals surface area contributed by atoms with Crippen LogP contribution in [0.2, 0.25) is 5.02 Å². The zero-order valence-corrected chi connectivity index (χ0v) is 25.8. The monoisotopic (exact) mass is 758 g/mol. The van der Waals surface area contributed by atoms with Crippen molar-refractivity contribution in [2.45, 2.75) is 13.8 Å². The predicted molar refractivity (Wildman–Crippen MR) is 150 cm³/mol. The van der Waals surface area contributed by atoms with E-state index in [1.165, 1.54) is 12.1 Å². The third kappa shape index (κ3) is 4.62. The number of benzene rings is 3. The summed E-state index contributed by atoms with van der Waals surface area (Å²) >= 11 is 19.8. The minimum atomic E-state index is -0.766. The SMILES string of the molecule is Cc1ccc(C(=O)CN(C(=O)c2ccccc2Cl)N2C(=O)c3c(Br)c(Br)c(Br)c(Br)c3C2=O)cc1C. The van der Waals surface area contributed by atoms with Crippen molar-refractivity contribution in [2.24, 2.45) is 0 Å². The molecule has 0 spiro atoms. The smallest absolute Gasteiger partial charge is 0.282 e. The average Bonchev–Trinajstić information content (AvgIpc) is 3.11. The van der Waals surface area contributed by atoms with Gasteiger partial charge in [0, 0.05) is 23.5 Å². The summed E-state index contributed by atoms with van der Waals surface area (Å²) in [4.78, 5) is 54.2. The second kappa shape index (κ2) is 10.5. The van der Waals surface area contributed by atoms with Crippen LogP contribution in [0.4, 0.5) is 0 Å². The van der Waals surface area contributed by atoms with Crippen LogP contribution in [0.25, 0.3) is 0 Å². The van der Waals surface area contributed by atoms with E-state index in [4.69, 9.17) is 11.6 Å². The van der Waals surface area contributed by atoms with Gasteiger partial charge in [-0.2, -0.15) is 5.01 Å². The van der Waals surface area contributed by atoms with Crippen molar-refractivity contribution in [1.82, 2.24) is 10.0 Å². The zero-order chi connectivity index (χ0) is 26.5. The van der Waals surface area contributed by atoms with E-state index >= 15 is 0 Å². The first-order valence-electron chi connectivity index (χ1n) is 10.4. The lowest BCUT2D eigenvalue weighted by molar-refractivity contribution is 0.00527. The van der Waals surface area contributed by atoms with Crippen molar-refractivity contribution in [3.05, 3.63) is 98.8 Å². The first-order valence-corrected chi connectivity index (χ1v) is 13.9. The van der Waals surface area contributed by atoms with E-state index in [0.717, 1.165) is 16.1 Å². The van der Waals surface area contributed by atoms with E-state index in [0.29, 0.717) is 28.5 Å². The number of nitrogens with zero attached hydrogens (tertiary/aromatic N) is 2. The number of hydrogen-bond acceptors (Lipinski definition) is 4. The van der Waals surface area contributed by atoms with E-state index in [-0.39, 0.29) is 21.7 Å². The molecule has 3 aromatic rings. The molecule has 3 aromatic carbocycles. The van der Waals surface area contributed by atoms with Crippen LogP contribution in [0.3, 0.4) is 0 Å². The van der Waals surface area contributed by atoms with Gasteiger partial charge in [0.15, 0.2) is 5.78 Å². The highest BCUT2D eigenvalue weighted by Crippen LogP contribution is 2.45. The quantitative estimate of drug-likeness (QED) is 0.117. The second-order valence-corrected chi connectivity index (χ2v) is 11.6. The number of fused-ring (bicyclic) bond motifs is 1. The Morgan fingerprint density at radius 2 is 1.39 bits per heavy atom. The van der Waals surface area contributed by atoms with Crippen molar-refractivity contribution >= 4 is 98.8 Å². The van der Waals surface area contributed by atoms with E-state index in [1.54, 1.807) is 30.3 Å². The second-order valence-electron chi connectivity index (χ2n) is 7.99. The average molecular weight is 762 g/mol. The van der Waals surface area contributed by atoms with Gasteiger partial charge >= 0.3 is 0 Å². The number of carbonyl (C=O) groups excluding carboxylic acids is 4. The molecule has 6 nitrogen and oxygen atoms in total. The molecule has 11 heteroatoms. The Bertz CT molecular complexity index is 1440. The lowest BCUT2D eigenvalue weighted by Crippen LogP contribution is -2.51. The molecule has 36 heavy (non-hydrogen) atoms. The fourth-order valence-electron chi connectivity index (χ4n) is 3.71. The fraction of sp³-hybridized carbons (Fsp3) is 0.120. The van der Waals surface area contributed by atoms with Crippen LogP contribution in [0, 0.1) is 13.8 Å². The number of hydrogen-bond donors (Lipinski definition) is 0. The number of amides is 3. The van der Waals surface area contributed by atoms with Crippen molar-refractivity contribution < 1.29 is 19.2 Å². The van der Waals surface area contributed by atoms with Gasteiger partial charge in [-0.1, -0.05) is 35.9 Å². The molecule has 0 N–H and O–H groups in total. The van der Waals surface area contributed by atoms with Crippen molar-refractivity contribution in [3.8, 4) is 0 Å². The van der Waals surface area contributed by atoms with Gasteiger partial charge in [0.05, 0.1) is 21.7 Å². The van der Waals surface area contributed by atoms with Gasteiger partial charge in [-0.05, 0) is 107 Å². The van der Waals surface area contributed by atoms with Gasteiger partial charge in [-0.25, -0.2) is 5.01 Å². The molecule has 1 aliphatic rings. The van der Waals surface area contributed by atoms with E-state index in [9.17, 15) is 19.2 Å². The molecule has 0 radical (unpaired) electrons. The first-order chi connectivity index (χ1) is 17.0. The Balaban J connectivity index is 1.84. The maximum atomic E-state index is 13.7. The third-order valence-electron chi connectivity index (χ3n) is 5.78. The molecule has 0 atom stereocenters. The summed E-state index contributed by atoms with van der Waals surface area (Å²) in [5.74, 6) is -2.73. The molecule has 0 saturated carbocycles. The number of Topliss-reactive ketones (excluding diaryl/α,β-unsaturated/α-hetero) is 1. The fourth-order valence-corrected chi connectivity index (χ4v) is 6.38. The molecule has 0 aromatic heterocycles. The van der Waals surface area contributed by atoms with Crippen molar-refractivity contribution in [3.63, 3.8) is 0 Å². The lowest BCUT2D eigenvalue weighted by Gasteiger charge is -2.29. The van der Waals surface area contributed by atoms with E-state index in [1.807, 2.05) is 13.8 Å². The maximum Gasteiger partial charge on any atom is 0.282 e. The van der Waals surface area contributed by atoms with Gasteiger partial charge in [0.1, 0.15) is 6.54 Å². The molecule has 0 aliphatic carbocycles. The van der Waals surface area contributed by atoms with Gasteiger partial charge in [0.2, 0.25) is 0 Å². The van der Waals surface area contributed by atoms with Crippen LogP contribution in [0.1, 0.15) is 52.6 Å².